The van der Waals surface area contributed by atoms with Crippen LogP contribution in [0.3, 0.4) is 0 Å². The summed E-state index contributed by atoms with van der Waals surface area (Å²) in [7, 11) is 0. The molecular formula is C15H11ClFNO. The van der Waals surface area contributed by atoms with Crippen LogP contribution < -0.4 is 4.74 Å². The molecule has 0 atom stereocenters. The molecule has 0 spiro atoms. The summed E-state index contributed by atoms with van der Waals surface area (Å²) >= 11 is 5.75. The fourth-order valence-electron chi connectivity index (χ4n) is 1.70. The summed E-state index contributed by atoms with van der Waals surface area (Å²) in [6.07, 6.45) is 0. The number of halogens is 2. The second-order valence-corrected chi connectivity index (χ2v) is 4.21. The maximum atomic E-state index is 13.1. The lowest BCUT2D eigenvalue weighted by Crippen LogP contribution is -2.00. The van der Waals surface area contributed by atoms with E-state index < -0.39 is 0 Å². The molecule has 0 saturated heterocycles. The Bertz CT molecular complexity index is 622. The molecule has 96 valence electrons. The summed E-state index contributed by atoms with van der Waals surface area (Å²) in [5.74, 6) is 0.358. The Labute approximate surface area is 116 Å². The monoisotopic (exact) mass is 275 g/mol. The van der Waals surface area contributed by atoms with Crippen LogP contribution in [0.5, 0.6) is 5.75 Å². The number of ether oxygens (including phenoxy) is 1. The van der Waals surface area contributed by atoms with Crippen molar-refractivity contribution < 1.29 is 9.13 Å². The van der Waals surface area contributed by atoms with Crippen molar-refractivity contribution in [3.63, 3.8) is 0 Å². The first kappa shape index (κ1) is 13.4. The first-order chi connectivity index (χ1) is 9.24. The molecule has 2 rings (SSSR count). The van der Waals surface area contributed by atoms with Crippen molar-refractivity contribution in [2.45, 2.75) is 12.5 Å². The summed E-state index contributed by atoms with van der Waals surface area (Å²) in [5, 5.41) is 8.98. The highest BCUT2D eigenvalue weighted by molar-refractivity contribution is 6.17. The van der Waals surface area contributed by atoms with Gasteiger partial charge in [-0.05, 0) is 24.3 Å². The van der Waals surface area contributed by atoms with Crippen molar-refractivity contribution in [2.24, 2.45) is 0 Å². The van der Waals surface area contributed by atoms with Gasteiger partial charge in [0.05, 0.1) is 17.5 Å². The van der Waals surface area contributed by atoms with E-state index in [0.717, 1.165) is 5.56 Å². The van der Waals surface area contributed by atoms with E-state index in [4.69, 9.17) is 21.6 Å². The molecule has 0 fully saturated rings. The summed E-state index contributed by atoms with van der Waals surface area (Å²) in [4.78, 5) is 0. The highest BCUT2D eigenvalue weighted by Gasteiger charge is 2.06. The minimum absolute atomic E-state index is 0.174. The van der Waals surface area contributed by atoms with E-state index in [1.54, 1.807) is 18.2 Å². The van der Waals surface area contributed by atoms with Gasteiger partial charge >= 0.3 is 0 Å². The molecule has 0 saturated carbocycles. The molecule has 0 aliphatic heterocycles. The number of alkyl halides is 1. The molecule has 2 aromatic carbocycles. The molecule has 2 nitrogen and oxygen atoms in total. The Morgan fingerprint density at radius 3 is 2.68 bits per heavy atom. The minimum Gasteiger partial charge on any atom is -0.489 e. The zero-order valence-electron chi connectivity index (χ0n) is 10.1. The Kier molecular flexibility index (Phi) is 4.38. The molecule has 2 aromatic rings. The lowest BCUT2D eigenvalue weighted by atomic mass is 10.1. The van der Waals surface area contributed by atoms with Gasteiger partial charge in [-0.3, -0.25) is 0 Å². The Hall–Kier alpha value is -2.05. The van der Waals surface area contributed by atoms with Gasteiger partial charge in [0.1, 0.15) is 18.2 Å². The Morgan fingerprint density at radius 1 is 1.16 bits per heavy atom. The molecule has 0 heterocycles. The van der Waals surface area contributed by atoms with Crippen molar-refractivity contribution in [1.82, 2.24) is 0 Å². The van der Waals surface area contributed by atoms with E-state index in [1.807, 2.05) is 12.1 Å². The molecule has 0 radical (unpaired) electrons. The van der Waals surface area contributed by atoms with E-state index in [0.29, 0.717) is 16.9 Å². The molecule has 0 aliphatic carbocycles. The van der Waals surface area contributed by atoms with Gasteiger partial charge in [0.25, 0.3) is 0 Å². The topological polar surface area (TPSA) is 33.0 Å². The standard InChI is InChI=1S/C15H11ClFNO/c16-8-13-7-14(17)5-6-15(13)19-10-12-4-2-1-3-11(12)9-18/h1-7H,8,10H2. The van der Waals surface area contributed by atoms with Crippen LogP contribution in [0.2, 0.25) is 0 Å². The highest BCUT2D eigenvalue weighted by Crippen LogP contribution is 2.23. The second-order valence-electron chi connectivity index (χ2n) is 3.94. The van der Waals surface area contributed by atoms with Crippen molar-refractivity contribution in [2.75, 3.05) is 0 Å². The van der Waals surface area contributed by atoms with Crippen LogP contribution in [0.25, 0.3) is 0 Å². The number of nitriles is 1. The molecule has 0 unspecified atom stereocenters. The van der Waals surface area contributed by atoms with Crippen LogP contribution in [0.15, 0.2) is 42.5 Å². The lowest BCUT2D eigenvalue weighted by molar-refractivity contribution is 0.303. The van der Waals surface area contributed by atoms with E-state index in [2.05, 4.69) is 6.07 Å². The molecule has 0 N–H and O–H groups in total. The third kappa shape index (κ3) is 3.24. The van der Waals surface area contributed by atoms with Crippen LogP contribution in [-0.2, 0) is 12.5 Å². The summed E-state index contributed by atoms with van der Waals surface area (Å²) in [6.45, 7) is 0.249. The summed E-state index contributed by atoms with van der Waals surface area (Å²) < 4.78 is 18.7. The predicted octanol–water partition coefficient (Wildman–Crippen LogP) is 4.02. The SMILES string of the molecule is N#Cc1ccccc1COc1ccc(F)cc1CCl. The lowest BCUT2D eigenvalue weighted by Gasteiger charge is -2.10. The van der Waals surface area contributed by atoms with Crippen molar-refractivity contribution in [1.29, 1.82) is 5.26 Å². The average molecular weight is 276 g/mol. The van der Waals surface area contributed by atoms with E-state index >= 15 is 0 Å². The zero-order chi connectivity index (χ0) is 13.7. The van der Waals surface area contributed by atoms with Crippen molar-refractivity contribution >= 4 is 11.6 Å². The maximum absolute atomic E-state index is 13.1. The fourth-order valence-corrected chi connectivity index (χ4v) is 1.91. The van der Waals surface area contributed by atoms with Gasteiger partial charge in [-0.1, -0.05) is 18.2 Å². The first-order valence-electron chi connectivity index (χ1n) is 5.70. The quantitative estimate of drug-likeness (QED) is 0.790. The molecular weight excluding hydrogens is 265 g/mol. The third-order valence-corrected chi connectivity index (χ3v) is 2.98. The minimum atomic E-state index is -0.347. The first-order valence-corrected chi connectivity index (χ1v) is 6.23. The van der Waals surface area contributed by atoms with Crippen LogP contribution in [0, 0.1) is 17.1 Å². The van der Waals surface area contributed by atoms with Gasteiger partial charge in [0.15, 0.2) is 0 Å². The van der Waals surface area contributed by atoms with Gasteiger partial charge < -0.3 is 4.74 Å². The second kappa shape index (κ2) is 6.21. The third-order valence-electron chi connectivity index (χ3n) is 2.69. The van der Waals surface area contributed by atoms with E-state index in [-0.39, 0.29) is 18.3 Å². The van der Waals surface area contributed by atoms with Gasteiger partial charge in [-0.25, -0.2) is 4.39 Å². The molecule has 0 amide bonds. The predicted molar refractivity (Wildman–Crippen MR) is 71.4 cm³/mol. The van der Waals surface area contributed by atoms with Crippen molar-refractivity contribution in [3.05, 3.63) is 65.0 Å². The summed E-state index contributed by atoms with van der Waals surface area (Å²) in [5.41, 5.74) is 1.95. The molecule has 4 heteroatoms. The van der Waals surface area contributed by atoms with Crippen LogP contribution in [-0.4, -0.2) is 0 Å². The largest absolute Gasteiger partial charge is 0.489 e. The van der Waals surface area contributed by atoms with E-state index in [1.165, 1.54) is 12.1 Å². The molecule has 0 aliphatic rings. The molecule has 0 aromatic heterocycles. The summed E-state index contributed by atoms with van der Waals surface area (Å²) in [6, 6.07) is 13.5. The van der Waals surface area contributed by atoms with Gasteiger partial charge in [0, 0.05) is 11.1 Å². The Balaban J connectivity index is 2.17. The van der Waals surface area contributed by atoms with Gasteiger partial charge in [-0.2, -0.15) is 5.26 Å². The normalized spacial score (nSPS) is 9.95. The number of rotatable bonds is 4. The highest BCUT2D eigenvalue weighted by atomic mass is 35.5. The van der Waals surface area contributed by atoms with Crippen LogP contribution in [0.1, 0.15) is 16.7 Å². The number of nitrogens with zero attached hydrogens (tertiary/aromatic N) is 1. The Morgan fingerprint density at radius 2 is 1.95 bits per heavy atom. The van der Waals surface area contributed by atoms with Crippen molar-refractivity contribution in [3.8, 4) is 11.8 Å². The van der Waals surface area contributed by atoms with Gasteiger partial charge in [0.2, 0.25) is 0 Å². The number of hydrogen-bond acceptors (Lipinski definition) is 2. The molecule has 0 bridgehead atoms. The zero-order valence-corrected chi connectivity index (χ0v) is 10.8. The van der Waals surface area contributed by atoms with Crippen LogP contribution >= 0.6 is 11.6 Å². The van der Waals surface area contributed by atoms with Crippen LogP contribution in [0.4, 0.5) is 4.39 Å². The average Bonchev–Trinajstić information content (AvgIpc) is 2.46. The van der Waals surface area contributed by atoms with E-state index in [9.17, 15) is 4.39 Å². The smallest absolute Gasteiger partial charge is 0.124 e. The number of benzene rings is 2. The molecule has 19 heavy (non-hydrogen) atoms. The van der Waals surface area contributed by atoms with Gasteiger partial charge in [-0.15, -0.1) is 11.6 Å². The maximum Gasteiger partial charge on any atom is 0.124 e. The number of hydrogen-bond donors (Lipinski definition) is 0. The fraction of sp³-hybridized carbons (Fsp3) is 0.133.